The molecule has 0 saturated carbocycles. The van der Waals surface area contributed by atoms with Crippen molar-refractivity contribution in [2.45, 2.75) is 88.6 Å². The Balaban J connectivity index is 6.75. The van der Waals surface area contributed by atoms with Gasteiger partial charge in [-0.2, -0.15) is 0 Å². The molecule has 0 N–H and O–H groups in total. The predicted octanol–water partition coefficient (Wildman–Crippen LogP) is 8.30. The van der Waals surface area contributed by atoms with E-state index in [2.05, 4.69) is 3.07 Å². The van der Waals surface area contributed by atoms with Crippen molar-refractivity contribution in [3.63, 3.8) is 0 Å². The summed E-state index contributed by atoms with van der Waals surface area (Å²) in [6.07, 6.45) is -32.8. The van der Waals surface area contributed by atoms with E-state index in [-0.39, 0.29) is 6.42 Å². The number of hydrogen-bond acceptors (Lipinski definition) is 1. The molecule has 0 saturated heterocycles. The van der Waals surface area contributed by atoms with Crippen LogP contribution in [-0.4, -0.2) is 55.7 Å². The first-order valence-corrected chi connectivity index (χ1v) is 14.9. The molecular weight excluding hydrogens is 612 g/mol. The third-order valence-electron chi connectivity index (χ3n) is 4.53. The molecule has 0 aliphatic carbocycles. The van der Waals surface area contributed by atoms with Gasteiger partial charge in [0, 0.05) is 0 Å². The molecule has 33 heavy (non-hydrogen) atoms. The topological polar surface area (TPSA) is 9.23 Å². The van der Waals surface area contributed by atoms with Crippen LogP contribution in [0.2, 0.25) is 0 Å². The van der Waals surface area contributed by atoms with E-state index in [0.29, 0.717) is 0 Å². The third kappa shape index (κ3) is 9.70. The number of alkyl halides is 15. The first-order chi connectivity index (χ1) is 14.4. The standard InChI is InChI=1S/3C4H4F5.C4H9O.Sn/c3*5-3(6)1-2-4(7,8)9;1-2-3-4-5;/h3*1-2H2;2-4H2,1H3;/q;;;-1;+1. The summed E-state index contributed by atoms with van der Waals surface area (Å²) in [5.74, 6) is 0. The monoisotopic (exact) mass is 634 g/mol. The van der Waals surface area contributed by atoms with Crippen molar-refractivity contribution in [1.29, 1.82) is 0 Å². The summed E-state index contributed by atoms with van der Waals surface area (Å²) in [6, 6.07) is 0. The van der Waals surface area contributed by atoms with E-state index in [0.717, 1.165) is 0 Å². The second-order valence-electron chi connectivity index (χ2n) is 7.34. The summed E-state index contributed by atoms with van der Waals surface area (Å²) < 4.78 is 189. The van der Waals surface area contributed by atoms with Crippen LogP contribution in [-0.2, 0) is 3.07 Å². The fourth-order valence-corrected chi connectivity index (χ4v) is 14.7. The molecule has 0 aromatic heterocycles. The SMILES string of the molecule is CCCC[O][Sn]([C](F)(F)CCC(F)(F)F)([C](F)(F)CCC(F)(F)F)[C](F)(F)CCC(F)(F)F. The maximum atomic E-state index is 14.9. The molecule has 0 aliphatic rings. The molecule has 0 spiro atoms. The Morgan fingerprint density at radius 3 is 0.970 bits per heavy atom. The Hall–Kier alpha value is -0.291. The van der Waals surface area contributed by atoms with Gasteiger partial charge in [-0.1, -0.05) is 0 Å². The molecule has 0 bridgehead atoms. The Kier molecular flexibility index (Phi) is 11.1. The van der Waals surface area contributed by atoms with E-state index in [1.54, 1.807) is 0 Å². The van der Waals surface area contributed by atoms with E-state index >= 15 is 0 Å². The number of hydrogen-bond donors (Lipinski definition) is 0. The van der Waals surface area contributed by atoms with Crippen molar-refractivity contribution in [1.82, 2.24) is 0 Å². The van der Waals surface area contributed by atoms with Gasteiger partial charge in [0.1, 0.15) is 0 Å². The molecule has 17 heteroatoms. The van der Waals surface area contributed by atoms with Crippen LogP contribution >= 0.6 is 0 Å². The van der Waals surface area contributed by atoms with Crippen LogP contribution < -0.4 is 0 Å². The zero-order valence-corrected chi connectivity index (χ0v) is 19.8. The molecule has 0 amide bonds. The third-order valence-corrected chi connectivity index (χ3v) is 17.3. The number of rotatable bonds is 13. The average Bonchev–Trinajstić information content (AvgIpc) is 2.58. The summed E-state index contributed by atoms with van der Waals surface area (Å²) in [5, 5.41) is 0. The van der Waals surface area contributed by atoms with E-state index < -0.39 is 101 Å². The molecule has 0 radical (unpaired) electrons. The summed E-state index contributed by atoms with van der Waals surface area (Å²) >= 11 is -8.90. The molecule has 0 unspecified atom stereocenters. The predicted molar refractivity (Wildman–Crippen MR) is 87.3 cm³/mol. The number of halogens is 15. The van der Waals surface area contributed by atoms with Gasteiger partial charge < -0.3 is 0 Å². The van der Waals surface area contributed by atoms with E-state index in [1.165, 1.54) is 6.92 Å². The molecular formula is C16H21F15OSn. The Bertz CT molecular complexity index is 520. The van der Waals surface area contributed by atoms with Gasteiger partial charge in [0.25, 0.3) is 0 Å². The van der Waals surface area contributed by atoms with Gasteiger partial charge >= 0.3 is 183 Å². The Morgan fingerprint density at radius 2 is 0.758 bits per heavy atom. The van der Waals surface area contributed by atoms with Gasteiger partial charge in [0.15, 0.2) is 0 Å². The van der Waals surface area contributed by atoms with Crippen molar-refractivity contribution in [3.05, 3.63) is 0 Å². The van der Waals surface area contributed by atoms with Gasteiger partial charge in [-0.05, 0) is 0 Å². The molecule has 0 atom stereocenters. The average molecular weight is 633 g/mol. The van der Waals surface area contributed by atoms with Crippen LogP contribution in [0.1, 0.15) is 58.3 Å². The second kappa shape index (κ2) is 11.2. The Morgan fingerprint density at radius 1 is 0.485 bits per heavy atom. The molecule has 0 aromatic rings. The van der Waals surface area contributed by atoms with Crippen LogP contribution in [0.15, 0.2) is 0 Å². The van der Waals surface area contributed by atoms with Gasteiger partial charge in [-0.25, -0.2) is 0 Å². The molecule has 1 nitrogen and oxygen atoms in total. The Labute approximate surface area is 183 Å². The molecule has 0 fully saturated rings. The van der Waals surface area contributed by atoms with Gasteiger partial charge in [-0.15, -0.1) is 0 Å². The van der Waals surface area contributed by atoms with Crippen LogP contribution in [0.3, 0.4) is 0 Å². The van der Waals surface area contributed by atoms with Crippen LogP contribution in [0.5, 0.6) is 0 Å². The minimum absolute atomic E-state index is 0.0572. The van der Waals surface area contributed by atoms with Gasteiger partial charge in [0.05, 0.1) is 0 Å². The summed E-state index contributed by atoms with van der Waals surface area (Å²) in [5.41, 5.74) is 0. The second-order valence-corrected chi connectivity index (χ2v) is 18.3. The fourth-order valence-electron chi connectivity index (χ4n) is 2.91. The first kappa shape index (κ1) is 32.7. The van der Waals surface area contributed by atoms with Crippen molar-refractivity contribution >= 4 is 18.8 Å². The van der Waals surface area contributed by atoms with Crippen LogP contribution in [0, 0.1) is 0 Å². The van der Waals surface area contributed by atoms with Crippen molar-refractivity contribution in [2.75, 3.05) is 6.61 Å². The minimum atomic E-state index is -8.90. The summed E-state index contributed by atoms with van der Waals surface area (Å²) in [4.78, 5) is 0. The van der Waals surface area contributed by atoms with Crippen LogP contribution in [0.4, 0.5) is 65.9 Å². The molecule has 200 valence electrons. The van der Waals surface area contributed by atoms with Crippen molar-refractivity contribution < 1.29 is 68.9 Å². The summed E-state index contributed by atoms with van der Waals surface area (Å²) in [6.45, 7) is -0.0245. The van der Waals surface area contributed by atoms with Gasteiger partial charge in [-0.3, -0.25) is 0 Å². The zero-order chi connectivity index (χ0) is 26.6. The molecule has 0 aromatic carbocycles. The first-order valence-electron chi connectivity index (χ1n) is 9.41. The molecule has 0 rings (SSSR count). The van der Waals surface area contributed by atoms with E-state index in [9.17, 15) is 65.9 Å². The van der Waals surface area contributed by atoms with Crippen molar-refractivity contribution in [3.8, 4) is 0 Å². The fraction of sp³-hybridized carbons (Fsp3) is 1.00. The van der Waals surface area contributed by atoms with Crippen LogP contribution in [0.25, 0.3) is 0 Å². The quantitative estimate of drug-likeness (QED) is 0.113. The number of unbranched alkanes of at least 4 members (excludes halogenated alkanes) is 1. The zero-order valence-electron chi connectivity index (χ0n) is 16.9. The maximum absolute atomic E-state index is 14.9. The normalized spacial score (nSPS) is 15.3. The molecule has 0 aliphatic heterocycles. The van der Waals surface area contributed by atoms with E-state index in [4.69, 9.17) is 0 Å². The summed E-state index contributed by atoms with van der Waals surface area (Å²) in [7, 11) is 0. The molecule has 0 heterocycles. The van der Waals surface area contributed by atoms with Gasteiger partial charge in [0.2, 0.25) is 0 Å². The van der Waals surface area contributed by atoms with Crippen molar-refractivity contribution in [2.24, 2.45) is 0 Å². The van der Waals surface area contributed by atoms with E-state index in [1.807, 2.05) is 0 Å².